The second kappa shape index (κ2) is 6.05. The Hall–Kier alpha value is -0.730. The highest BCUT2D eigenvalue weighted by atomic mass is 35.5. The molecular weight excluding hydrogens is 294 g/mol. The monoisotopic (exact) mass is 321 g/mol. The van der Waals surface area contributed by atoms with Crippen LogP contribution >= 0.6 is 12.4 Å². The molecule has 3 fully saturated rings. The van der Waals surface area contributed by atoms with Crippen LogP contribution in [0.4, 0.5) is 0 Å². The van der Waals surface area contributed by atoms with Crippen LogP contribution in [-0.4, -0.2) is 28.1 Å². The van der Waals surface area contributed by atoms with Gasteiger partial charge in [-0.25, -0.2) is 0 Å². The Morgan fingerprint density at radius 2 is 1.82 bits per heavy atom. The predicted molar refractivity (Wildman–Crippen MR) is 92.8 cm³/mol. The van der Waals surface area contributed by atoms with Crippen molar-refractivity contribution in [2.24, 2.45) is 0 Å². The molecule has 3 heteroatoms. The Morgan fingerprint density at radius 1 is 1.09 bits per heavy atom. The van der Waals surface area contributed by atoms with E-state index in [2.05, 4.69) is 17.9 Å². The van der Waals surface area contributed by atoms with Crippen molar-refractivity contribution in [2.45, 2.75) is 81.8 Å². The van der Waals surface area contributed by atoms with Crippen molar-refractivity contribution in [2.75, 3.05) is 0 Å². The van der Waals surface area contributed by atoms with Gasteiger partial charge in [-0.05, 0) is 56.7 Å². The molecule has 2 aliphatic carbocycles. The summed E-state index contributed by atoms with van der Waals surface area (Å²) in [5.74, 6) is 0.426. The molecule has 2 nitrogen and oxygen atoms in total. The van der Waals surface area contributed by atoms with Crippen LogP contribution in [0.2, 0.25) is 0 Å². The number of benzene rings is 1. The van der Waals surface area contributed by atoms with Crippen LogP contribution in [-0.2, 0) is 5.41 Å². The van der Waals surface area contributed by atoms with Gasteiger partial charge in [0.2, 0.25) is 0 Å². The summed E-state index contributed by atoms with van der Waals surface area (Å²) in [5.41, 5.74) is 1.66. The zero-order valence-corrected chi connectivity index (χ0v) is 14.3. The number of rotatable bonds is 2. The summed E-state index contributed by atoms with van der Waals surface area (Å²) in [6, 6.07) is 10.3. The Morgan fingerprint density at radius 3 is 2.55 bits per heavy atom. The molecule has 1 heterocycles. The molecule has 0 radical (unpaired) electrons. The van der Waals surface area contributed by atoms with Crippen molar-refractivity contribution in [3.63, 3.8) is 0 Å². The number of aromatic hydroxyl groups is 1. The Labute approximate surface area is 140 Å². The summed E-state index contributed by atoms with van der Waals surface area (Å²) in [6.07, 6.45) is 10.9. The van der Waals surface area contributed by atoms with Gasteiger partial charge in [0.1, 0.15) is 5.75 Å². The summed E-state index contributed by atoms with van der Waals surface area (Å²) in [4.78, 5) is 2.88. The number of phenols is 1. The summed E-state index contributed by atoms with van der Waals surface area (Å²) in [7, 11) is 0. The lowest BCUT2D eigenvalue weighted by molar-refractivity contribution is 0.130. The molecule has 1 N–H and O–H groups in total. The number of fused-ring (bicyclic) bond motifs is 2. The van der Waals surface area contributed by atoms with E-state index in [9.17, 15) is 5.11 Å². The Balaban J connectivity index is 0.00000144. The fourth-order valence-corrected chi connectivity index (χ4v) is 5.65. The average molecular weight is 322 g/mol. The molecule has 3 atom stereocenters. The van der Waals surface area contributed by atoms with Gasteiger partial charge in [-0.3, -0.25) is 4.90 Å². The molecular formula is C19H28ClNO. The third kappa shape index (κ3) is 2.35. The first-order chi connectivity index (χ1) is 10.2. The second-order valence-electron chi connectivity index (χ2n) is 7.52. The maximum atomic E-state index is 9.92. The van der Waals surface area contributed by atoms with Gasteiger partial charge in [-0.15, -0.1) is 12.4 Å². The van der Waals surface area contributed by atoms with E-state index < -0.39 is 0 Å². The topological polar surface area (TPSA) is 23.5 Å². The second-order valence-corrected chi connectivity index (χ2v) is 7.52. The van der Waals surface area contributed by atoms with E-state index in [1.165, 1.54) is 56.9 Å². The van der Waals surface area contributed by atoms with E-state index in [0.29, 0.717) is 11.8 Å². The SMILES string of the molecule is CC1N(C2CCCC2)C2CCCC1(c1cccc(O)c1)C2.Cl. The molecule has 1 aliphatic heterocycles. The van der Waals surface area contributed by atoms with Crippen molar-refractivity contribution >= 4 is 12.4 Å². The largest absolute Gasteiger partial charge is 0.508 e. The molecule has 2 saturated carbocycles. The maximum absolute atomic E-state index is 9.92. The third-order valence-electron chi connectivity index (χ3n) is 6.60. The number of hydrogen-bond donors (Lipinski definition) is 1. The highest BCUT2D eigenvalue weighted by molar-refractivity contribution is 5.85. The molecule has 0 spiro atoms. The fourth-order valence-electron chi connectivity index (χ4n) is 5.65. The van der Waals surface area contributed by atoms with Crippen molar-refractivity contribution in [3.05, 3.63) is 29.8 Å². The van der Waals surface area contributed by atoms with Crippen LogP contribution < -0.4 is 0 Å². The van der Waals surface area contributed by atoms with Crippen molar-refractivity contribution in [1.82, 2.24) is 4.90 Å². The molecule has 1 aromatic carbocycles. The van der Waals surface area contributed by atoms with Gasteiger partial charge < -0.3 is 5.11 Å². The van der Waals surface area contributed by atoms with Crippen molar-refractivity contribution in [3.8, 4) is 5.75 Å². The Kier molecular flexibility index (Phi) is 4.44. The highest BCUT2D eigenvalue weighted by Crippen LogP contribution is 2.53. The van der Waals surface area contributed by atoms with E-state index in [4.69, 9.17) is 0 Å². The zero-order chi connectivity index (χ0) is 14.4. The molecule has 3 unspecified atom stereocenters. The first kappa shape index (κ1) is 16.1. The smallest absolute Gasteiger partial charge is 0.115 e. The minimum absolute atomic E-state index is 0. The van der Waals surface area contributed by atoms with Gasteiger partial charge in [0.25, 0.3) is 0 Å². The molecule has 1 saturated heterocycles. The third-order valence-corrected chi connectivity index (χ3v) is 6.60. The first-order valence-electron chi connectivity index (χ1n) is 8.78. The molecule has 0 aromatic heterocycles. The van der Waals surface area contributed by atoms with Gasteiger partial charge in [0.05, 0.1) is 0 Å². The van der Waals surface area contributed by atoms with Gasteiger partial charge in [-0.1, -0.05) is 31.4 Å². The van der Waals surface area contributed by atoms with Crippen LogP contribution in [0.15, 0.2) is 24.3 Å². The minimum atomic E-state index is 0. The van der Waals surface area contributed by atoms with Crippen LogP contribution in [0.25, 0.3) is 0 Å². The predicted octanol–water partition coefficient (Wildman–Crippen LogP) is 4.64. The van der Waals surface area contributed by atoms with E-state index in [1.807, 2.05) is 12.1 Å². The summed E-state index contributed by atoms with van der Waals surface area (Å²) >= 11 is 0. The van der Waals surface area contributed by atoms with E-state index >= 15 is 0 Å². The Bertz CT molecular complexity index is 528. The number of nitrogens with zero attached hydrogens (tertiary/aromatic N) is 1. The fraction of sp³-hybridized carbons (Fsp3) is 0.684. The molecule has 3 aliphatic rings. The van der Waals surface area contributed by atoms with E-state index in [1.54, 1.807) is 6.07 Å². The molecule has 22 heavy (non-hydrogen) atoms. The zero-order valence-electron chi connectivity index (χ0n) is 13.5. The number of likely N-dealkylation sites (tertiary alicyclic amines) is 1. The molecule has 1 aromatic rings. The molecule has 2 bridgehead atoms. The highest BCUT2D eigenvalue weighted by Gasteiger charge is 2.54. The average Bonchev–Trinajstić information content (AvgIpc) is 3.07. The molecule has 0 amide bonds. The van der Waals surface area contributed by atoms with E-state index in [-0.39, 0.29) is 17.8 Å². The maximum Gasteiger partial charge on any atom is 0.115 e. The number of halogens is 1. The molecule has 122 valence electrons. The van der Waals surface area contributed by atoms with Gasteiger partial charge >= 0.3 is 0 Å². The van der Waals surface area contributed by atoms with Gasteiger partial charge in [0, 0.05) is 23.5 Å². The van der Waals surface area contributed by atoms with Gasteiger partial charge in [0.15, 0.2) is 0 Å². The van der Waals surface area contributed by atoms with Gasteiger partial charge in [-0.2, -0.15) is 0 Å². The number of hydrogen-bond acceptors (Lipinski definition) is 2. The number of phenolic OH excluding ortho intramolecular Hbond substituents is 1. The van der Waals surface area contributed by atoms with Crippen LogP contribution in [0.1, 0.15) is 63.9 Å². The quantitative estimate of drug-likeness (QED) is 0.857. The summed E-state index contributed by atoms with van der Waals surface area (Å²) in [6.45, 7) is 2.45. The van der Waals surface area contributed by atoms with Crippen molar-refractivity contribution in [1.29, 1.82) is 0 Å². The summed E-state index contributed by atoms with van der Waals surface area (Å²) < 4.78 is 0. The van der Waals surface area contributed by atoms with E-state index in [0.717, 1.165) is 12.1 Å². The first-order valence-corrected chi connectivity index (χ1v) is 8.78. The lowest BCUT2D eigenvalue weighted by Gasteiger charge is -2.38. The van der Waals surface area contributed by atoms with Crippen LogP contribution in [0, 0.1) is 0 Å². The summed E-state index contributed by atoms with van der Waals surface area (Å²) in [5, 5.41) is 9.92. The normalized spacial score (nSPS) is 35.5. The molecule has 4 rings (SSSR count). The van der Waals surface area contributed by atoms with Crippen molar-refractivity contribution < 1.29 is 5.11 Å². The standard InChI is InChI=1S/C19H27NO.ClH/c1-14-19(15-6-4-10-18(21)12-15)11-5-9-17(13-19)20(14)16-7-2-3-8-16;/h4,6,10,12,14,16-17,21H,2-3,5,7-9,11,13H2,1H3;1H. The van der Waals surface area contributed by atoms with Crippen LogP contribution in [0.5, 0.6) is 5.75 Å². The minimum Gasteiger partial charge on any atom is -0.508 e. The van der Waals surface area contributed by atoms with Crippen LogP contribution in [0.3, 0.4) is 0 Å². The lowest BCUT2D eigenvalue weighted by atomic mass is 9.67. The lowest BCUT2D eigenvalue weighted by Crippen LogP contribution is -2.44.